The Hall–Kier alpha value is 0.640. The van der Waals surface area contributed by atoms with Crippen molar-refractivity contribution in [2.75, 3.05) is 0 Å². The molecule has 0 atom stereocenters. The van der Waals surface area contributed by atoms with Gasteiger partial charge in [-0.2, -0.15) is 0 Å². The van der Waals surface area contributed by atoms with Crippen molar-refractivity contribution >= 4 is 5.43 Å². The fourth-order valence-corrected chi connectivity index (χ4v) is 21.7. The van der Waals surface area contributed by atoms with Crippen molar-refractivity contribution < 1.29 is 45.2 Å². The molecule has 2 rings (SSSR count). The second-order valence-corrected chi connectivity index (χ2v) is 22.9. The fraction of sp³-hybridized carbons (Fsp3) is 0.500. The fourth-order valence-electron chi connectivity index (χ4n) is 2.96. The van der Waals surface area contributed by atoms with E-state index in [1.807, 2.05) is 6.56 Å². The van der Waals surface area contributed by atoms with Gasteiger partial charge in [0.15, 0.2) is 0 Å². The quantitative estimate of drug-likeness (QED) is 0.522. The molecule has 110 valence electrons. The molecule has 0 saturated heterocycles. The van der Waals surface area contributed by atoms with Crippen molar-refractivity contribution in [2.45, 2.75) is 53.6 Å². The molecule has 0 bridgehead atoms. The first kappa shape index (κ1) is 20.6. The summed E-state index contributed by atoms with van der Waals surface area (Å²) in [6.45, 7) is 14.4. The Morgan fingerprint density at radius 3 is 1.35 bits per heavy atom. The van der Waals surface area contributed by atoms with Gasteiger partial charge in [-0.05, 0) is 0 Å². The van der Waals surface area contributed by atoms with Crippen LogP contribution in [0, 0.1) is 0 Å². The van der Waals surface area contributed by atoms with Gasteiger partial charge < -0.3 is 24.8 Å². The topological polar surface area (TPSA) is 0 Å². The van der Waals surface area contributed by atoms with Gasteiger partial charge in [-0.1, -0.05) is 0 Å². The molecule has 0 aromatic heterocycles. The molecule has 4 heteroatoms. The molecule has 0 heterocycles. The minimum Gasteiger partial charge on any atom is -1.00 e. The van der Waals surface area contributed by atoms with Crippen molar-refractivity contribution in [3.05, 3.63) is 41.0 Å². The number of rotatable bonds is 2. The van der Waals surface area contributed by atoms with Crippen LogP contribution in [0.5, 0.6) is 0 Å². The van der Waals surface area contributed by atoms with Crippen LogP contribution in [-0.2, 0) is 20.4 Å². The van der Waals surface area contributed by atoms with Crippen molar-refractivity contribution in [1.29, 1.82) is 0 Å². The summed E-state index contributed by atoms with van der Waals surface area (Å²) in [5.41, 5.74) is 6.27. The van der Waals surface area contributed by atoms with E-state index >= 15 is 0 Å². The third-order valence-electron chi connectivity index (χ3n) is 4.42. The van der Waals surface area contributed by atoms with Gasteiger partial charge in [0.05, 0.1) is 0 Å². The second kappa shape index (κ2) is 8.32. The zero-order chi connectivity index (χ0) is 13.4. The summed E-state index contributed by atoms with van der Waals surface area (Å²) in [7, 11) is 0. The largest absolute Gasteiger partial charge is 1.00 e. The molecule has 0 unspecified atom stereocenters. The third-order valence-corrected chi connectivity index (χ3v) is 22.2. The number of halogens is 2. The molecular formula is C16H24Cl2SiZr. The molecule has 0 saturated carbocycles. The van der Waals surface area contributed by atoms with Gasteiger partial charge in [-0.25, -0.2) is 0 Å². The summed E-state index contributed by atoms with van der Waals surface area (Å²) in [4.78, 5) is 0. The van der Waals surface area contributed by atoms with Crippen LogP contribution in [0.3, 0.4) is 0 Å². The summed E-state index contributed by atoms with van der Waals surface area (Å²) >= 11 is -1.51. The second-order valence-electron chi connectivity index (χ2n) is 5.76. The molecule has 0 N–H and O–H groups in total. The van der Waals surface area contributed by atoms with Crippen LogP contribution in [0.4, 0.5) is 0 Å². The van der Waals surface area contributed by atoms with Crippen LogP contribution in [0.2, 0.25) is 13.1 Å². The summed E-state index contributed by atoms with van der Waals surface area (Å²) in [5, 5.41) is 0. The van der Waals surface area contributed by atoms with Gasteiger partial charge in [0, 0.05) is 0 Å². The van der Waals surface area contributed by atoms with Gasteiger partial charge in [-0.15, -0.1) is 0 Å². The monoisotopic (exact) mass is 404 g/mol. The molecule has 0 aliphatic heterocycles. The van der Waals surface area contributed by atoms with Crippen LogP contribution in [0.25, 0.3) is 0 Å². The molecule has 0 fully saturated rings. The van der Waals surface area contributed by atoms with Crippen molar-refractivity contribution in [3.8, 4) is 0 Å². The average molecular weight is 407 g/mol. The predicted octanol–water partition coefficient (Wildman–Crippen LogP) is -0.888. The van der Waals surface area contributed by atoms with E-state index in [0.29, 0.717) is 0 Å². The normalized spacial score (nSPS) is 17.1. The number of hydrogen-bond donors (Lipinski definition) is 0. The van der Waals surface area contributed by atoms with E-state index in [9.17, 15) is 0 Å². The first-order valence-corrected chi connectivity index (χ1v) is 15.5. The Labute approximate surface area is 144 Å². The molecule has 0 spiro atoms. The smallest absolute Gasteiger partial charge is 1.00 e. The van der Waals surface area contributed by atoms with E-state index in [2.05, 4.69) is 52.9 Å². The van der Waals surface area contributed by atoms with E-state index in [1.165, 1.54) is 12.8 Å². The standard InChI is InChI=1S/2C7H9.C2H6Si.2ClH.Zr/c2*1-6-4-3-5-7(6)2;1-3-2;;;/h2*4H,3H2,1-2H3;1-2H3;2*1H;/q;;;;;+2/p-2. The van der Waals surface area contributed by atoms with Crippen LogP contribution in [-0.4, -0.2) is 5.43 Å². The molecule has 2 aliphatic rings. The number of allylic oxidation sites excluding steroid dienone is 8. The molecule has 0 radical (unpaired) electrons. The zero-order valence-electron chi connectivity index (χ0n) is 13.3. The minimum atomic E-state index is -1.51. The first-order valence-electron chi connectivity index (χ1n) is 6.85. The van der Waals surface area contributed by atoms with E-state index in [0.717, 1.165) is 0 Å². The van der Waals surface area contributed by atoms with Gasteiger partial charge in [0.2, 0.25) is 0 Å². The molecular weight excluding hydrogens is 382 g/mol. The molecule has 0 amide bonds. The Bertz CT molecular complexity index is 515. The molecule has 0 aromatic rings. The predicted molar refractivity (Wildman–Crippen MR) is 79.6 cm³/mol. The van der Waals surface area contributed by atoms with Gasteiger partial charge in [0.1, 0.15) is 0 Å². The molecule has 20 heavy (non-hydrogen) atoms. The first-order chi connectivity index (χ1) is 8.43. The Kier molecular flexibility index (Phi) is 8.59. The molecule has 2 aliphatic carbocycles. The van der Waals surface area contributed by atoms with E-state index in [4.69, 9.17) is 0 Å². The Balaban J connectivity index is 0.00000180. The zero-order valence-corrected chi connectivity index (χ0v) is 18.3. The summed E-state index contributed by atoms with van der Waals surface area (Å²) in [6, 6.07) is 0. The van der Waals surface area contributed by atoms with Crippen LogP contribution in [0.15, 0.2) is 41.0 Å². The molecule has 0 nitrogen and oxygen atoms in total. The maximum Gasteiger partial charge on any atom is -1.00 e. The van der Waals surface area contributed by atoms with E-state index in [-0.39, 0.29) is 30.2 Å². The third kappa shape index (κ3) is 3.88. The summed E-state index contributed by atoms with van der Waals surface area (Å²) in [6.07, 6.45) is 7.47. The Morgan fingerprint density at radius 2 is 1.15 bits per heavy atom. The number of hydrogen-bond acceptors (Lipinski definition) is 0. The van der Waals surface area contributed by atoms with Crippen LogP contribution < -0.4 is 24.8 Å². The van der Waals surface area contributed by atoms with Gasteiger partial charge in [0.25, 0.3) is 0 Å². The summed E-state index contributed by atoms with van der Waals surface area (Å²) < 4.78 is 3.82. The van der Waals surface area contributed by atoms with E-state index in [1.54, 1.807) is 22.3 Å². The van der Waals surface area contributed by atoms with Crippen molar-refractivity contribution in [1.82, 2.24) is 0 Å². The maximum atomic E-state index is 2.56. The maximum absolute atomic E-state index is 2.56. The van der Waals surface area contributed by atoms with E-state index < -0.39 is 20.4 Å². The van der Waals surface area contributed by atoms with Crippen molar-refractivity contribution in [2.24, 2.45) is 0 Å². The van der Waals surface area contributed by atoms with Gasteiger partial charge >= 0.3 is 120 Å². The minimum absolute atomic E-state index is 0. The Morgan fingerprint density at radius 1 is 0.800 bits per heavy atom. The summed E-state index contributed by atoms with van der Waals surface area (Å²) in [5.74, 6) is 0. The SMILES string of the molecule is CC1=CC[C]([Zr+2]([C]2=C(C)C(C)=CC2)=[Si](C)C)=C1C.[Cl-].[Cl-]. The van der Waals surface area contributed by atoms with Crippen molar-refractivity contribution in [3.63, 3.8) is 0 Å². The van der Waals surface area contributed by atoms with Crippen LogP contribution in [0.1, 0.15) is 40.5 Å². The average Bonchev–Trinajstić information content (AvgIpc) is 2.79. The molecule has 0 aromatic carbocycles. The van der Waals surface area contributed by atoms with Gasteiger partial charge in [-0.3, -0.25) is 0 Å². The van der Waals surface area contributed by atoms with Crippen LogP contribution >= 0.6 is 0 Å².